The van der Waals surface area contributed by atoms with Crippen LogP contribution in [0.25, 0.3) is 0 Å². The summed E-state index contributed by atoms with van der Waals surface area (Å²) in [6, 6.07) is 5.87. The molecule has 0 atom stereocenters. The van der Waals surface area contributed by atoms with Gasteiger partial charge < -0.3 is 14.7 Å². The van der Waals surface area contributed by atoms with Gasteiger partial charge in [-0.15, -0.1) is 11.3 Å². The number of thiazole rings is 1. The van der Waals surface area contributed by atoms with Gasteiger partial charge in [-0.3, -0.25) is 4.79 Å². The molecule has 1 aromatic carbocycles. The van der Waals surface area contributed by atoms with Crippen molar-refractivity contribution in [2.75, 3.05) is 13.7 Å². The molecule has 0 aliphatic rings. The molecule has 25 heavy (non-hydrogen) atoms. The Balaban J connectivity index is 2.05. The molecule has 0 saturated carbocycles. The summed E-state index contributed by atoms with van der Waals surface area (Å²) in [6.07, 6.45) is -4.52. The molecule has 1 N–H and O–H groups in total. The monoisotopic (exact) mass is 374 g/mol. The van der Waals surface area contributed by atoms with Crippen molar-refractivity contribution in [3.8, 4) is 5.75 Å². The van der Waals surface area contributed by atoms with Gasteiger partial charge in [-0.1, -0.05) is 6.07 Å². The highest BCUT2D eigenvalue weighted by Gasteiger charge is 2.33. The topological polar surface area (TPSA) is 79.7 Å². The molecule has 1 aromatic heterocycles. The molecular weight excluding hydrogens is 361 g/mol. The Morgan fingerprint density at radius 2 is 2.08 bits per heavy atom. The number of halogens is 3. The Morgan fingerprint density at radius 1 is 1.36 bits per heavy atom. The molecule has 6 nitrogen and oxygen atoms in total. The lowest BCUT2D eigenvalue weighted by Gasteiger charge is -2.16. The summed E-state index contributed by atoms with van der Waals surface area (Å²) in [4.78, 5) is 27.5. The Hall–Kier alpha value is -2.62. The Bertz CT molecular complexity index is 776. The van der Waals surface area contributed by atoms with Crippen LogP contribution in [0.15, 0.2) is 29.6 Å². The average molecular weight is 374 g/mol. The van der Waals surface area contributed by atoms with Crippen LogP contribution < -0.4 is 4.74 Å². The minimum absolute atomic E-state index is 0.0835. The molecule has 0 aliphatic heterocycles. The summed E-state index contributed by atoms with van der Waals surface area (Å²) in [7, 11) is 1.43. The van der Waals surface area contributed by atoms with Crippen LogP contribution in [0.1, 0.15) is 21.1 Å². The Kier molecular flexibility index (Phi) is 5.62. The highest BCUT2D eigenvalue weighted by molar-refractivity contribution is 7.09. The van der Waals surface area contributed by atoms with E-state index in [2.05, 4.69) is 4.98 Å². The number of nitrogens with zero attached hydrogens (tertiary/aromatic N) is 2. The van der Waals surface area contributed by atoms with Crippen LogP contribution in [0.5, 0.6) is 5.75 Å². The standard InChI is InChI=1S/C15H13F3N2O4S/c1-20(6-12-19-11(8-25-12)15(16,17)18)14(23)9-3-2-4-10(5-9)24-7-13(21)22/h2-5,8H,6-7H2,1H3,(H,21,22). The molecule has 2 rings (SSSR count). The van der Waals surface area contributed by atoms with Gasteiger partial charge in [0.2, 0.25) is 0 Å². The van der Waals surface area contributed by atoms with E-state index < -0.39 is 30.4 Å². The largest absolute Gasteiger partial charge is 0.482 e. The smallest absolute Gasteiger partial charge is 0.434 e. The molecule has 0 saturated heterocycles. The zero-order valence-corrected chi connectivity index (χ0v) is 13.7. The van der Waals surface area contributed by atoms with Crippen molar-refractivity contribution in [3.05, 3.63) is 45.9 Å². The molecule has 134 valence electrons. The van der Waals surface area contributed by atoms with E-state index in [0.29, 0.717) is 0 Å². The van der Waals surface area contributed by atoms with Crippen LogP contribution in [-0.2, 0) is 17.5 Å². The zero-order valence-electron chi connectivity index (χ0n) is 12.9. The summed E-state index contributed by atoms with van der Waals surface area (Å²) in [6.45, 7) is -0.632. The fraction of sp³-hybridized carbons (Fsp3) is 0.267. The van der Waals surface area contributed by atoms with Crippen LogP contribution in [0.2, 0.25) is 0 Å². The number of carbonyl (C=O) groups is 2. The predicted molar refractivity (Wildman–Crippen MR) is 82.5 cm³/mol. The molecular formula is C15H13F3N2O4S. The van der Waals surface area contributed by atoms with Crippen molar-refractivity contribution in [3.63, 3.8) is 0 Å². The van der Waals surface area contributed by atoms with E-state index >= 15 is 0 Å². The lowest BCUT2D eigenvalue weighted by atomic mass is 10.2. The van der Waals surface area contributed by atoms with Crippen molar-refractivity contribution in [2.24, 2.45) is 0 Å². The first-order valence-corrected chi connectivity index (χ1v) is 7.76. The summed E-state index contributed by atoms with van der Waals surface area (Å²) in [5.41, 5.74) is -0.768. The molecule has 2 aromatic rings. The van der Waals surface area contributed by atoms with Crippen molar-refractivity contribution in [1.29, 1.82) is 0 Å². The second kappa shape index (κ2) is 7.51. The van der Waals surface area contributed by atoms with Crippen molar-refractivity contribution in [2.45, 2.75) is 12.7 Å². The summed E-state index contributed by atoms with van der Waals surface area (Å²) in [5.74, 6) is -1.40. The van der Waals surface area contributed by atoms with E-state index in [1.54, 1.807) is 0 Å². The maximum absolute atomic E-state index is 12.5. The molecule has 0 bridgehead atoms. The number of aliphatic carboxylic acids is 1. The van der Waals surface area contributed by atoms with E-state index in [1.165, 1.54) is 36.2 Å². The number of alkyl halides is 3. The van der Waals surface area contributed by atoms with Crippen molar-refractivity contribution in [1.82, 2.24) is 9.88 Å². The van der Waals surface area contributed by atoms with Gasteiger partial charge in [0.05, 0.1) is 6.54 Å². The van der Waals surface area contributed by atoms with Gasteiger partial charge in [0.15, 0.2) is 12.3 Å². The van der Waals surface area contributed by atoms with Crippen LogP contribution in [-0.4, -0.2) is 40.5 Å². The first-order chi connectivity index (χ1) is 11.7. The van der Waals surface area contributed by atoms with E-state index in [1.807, 2.05) is 0 Å². The molecule has 0 unspecified atom stereocenters. The summed E-state index contributed by atoms with van der Waals surface area (Å²) < 4.78 is 42.6. The highest BCUT2D eigenvalue weighted by atomic mass is 32.1. The van der Waals surface area contributed by atoms with E-state index in [4.69, 9.17) is 9.84 Å². The fourth-order valence-electron chi connectivity index (χ4n) is 1.87. The quantitative estimate of drug-likeness (QED) is 0.841. The van der Waals surface area contributed by atoms with Gasteiger partial charge in [0.1, 0.15) is 10.8 Å². The molecule has 1 heterocycles. The molecule has 0 aliphatic carbocycles. The van der Waals surface area contributed by atoms with Crippen LogP contribution in [0.3, 0.4) is 0 Å². The van der Waals surface area contributed by atoms with Crippen molar-refractivity contribution < 1.29 is 32.6 Å². The summed E-state index contributed by atoms with van der Waals surface area (Å²) in [5, 5.41) is 9.63. The molecule has 1 amide bonds. The molecule has 0 radical (unpaired) electrons. The van der Waals surface area contributed by atoms with E-state index in [9.17, 15) is 22.8 Å². The number of hydrogen-bond acceptors (Lipinski definition) is 5. The first-order valence-electron chi connectivity index (χ1n) is 6.88. The minimum Gasteiger partial charge on any atom is -0.482 e. The van der Waals surface area contributed by atoms with Crippen molar-refractivity contribution >= 4 is 23.2 Å². The number of aromatic nitrogens is 1. The maximum Gasteiger partial charge on any atom is 0.434 e. The normalized spacial score (nSPS) is 11.2. The van der Waals surface area contributed by atoms with Gasteiger partial charge in [-0.2, -0.15) is 13.2 Å². The maximum atomic E-state index is 12.5. The molecule has 10 heteroatoms. The van der Waals surface area contributed by atoms with Gasteiger partial charge in [0.25, 0.3) is 5.91 Å². The Morgan fingerprint density at radius 3 is 2.68 bits per heavy atom. The zero-order chi connectivity index (χ0) is 18.6. The number of carboxylic acid groups (broad SMARTS) is 1. The second-order valence-electron chi connectivity index (χ2n) is 5.00. The third kappa shape index (κ3) is 5.18. The number of hydrogen-bond donors (Lipinski definition) is 1. The fourth-order valence-corrected chi connectivity index (χ4v) is 2.73. The summed E-state index contributed by atoms with van der Waals surface area (Å²) >= 11 is 0.817. The third-order valence-corrected chi connectivity index (χ3v) is 3.84. The van der Waals surface area contributed by atoms with Crippen LogP contribution in [0.4, 0.5) is 13.2 Å². The lowest BCUT2D eigenvalue weighted by molar-refractivity contribution is -0.141. The number of carboxylic acids is 1. The lowest BCUT2D eigenvalue weighted by Crippen LogP contribution is -2.26. The SMILES string of the molecule is CN(Cc1nc(C(F)(F)F)cs1)C(=O)c1cccc(OCC(=O)O)c1. The molecule has 0 spiro atoms. The minimum atomic E-state index is -4.52. The van der Waals surface area contributed by atoms with Gasteiger partial charge in [-0.25, -0.2) is 9.78 Å². The second-order valence-corrected chi connectivity index (χ2v) is 5.94. The number of ether oxygens (including phenoxy) is 1. The average Bonchev–Trinajstić information content (AvgIpc) is 3.01. The van der Waals surface area contributed by atoms with Gasteiger partial charge >= 0.3 is 12.1 Å². The number of benzene rings is 1. The number of rotatable bonds is 6. The number of carbonyl (C=O) groups excluding carboxylic acids is 1. The van der Waals surface area contributed by atoms with Gasteiger partial charge in [-0.05, 0) is 18.2 Å². The van der Waals surface area contributed by atoms with E-state index in [-0.39, 0.29) is 22.9 Å². The first kappa shape index (κ1) is 18.7. The highest BCUT2D eigenvalue weighted by Crippen LogP contribution is 2.30. The molecule has 0 fully saturated rings. The van der Waals surface area contributed by atoms with E-state index in [0.717, 1.165) is 16.7 Å². The number of amides is 1. The van der Waals surface area contributed by atoms with Crippen LogP contribution in [0, 0.1) is 0 Å². The third-order valence-electron chi connectivity index (χ3n) is 3.00. The van der Waals surface area contributed by atoms with Gasteiger partial charge in [0, 0.05) is 18.0 Å². The van der Waals surface area contributed by atoms with Crippen LogP contribution >= 0.6 is 11.3 Å². The Labute approximate surface area is 144 Å². The predicted octanol–water partition coefficient (Wildman–Crippen LogP) is 2.90.